The zero-order chi connectivity index (χ0) is 14.7. The molecular formula is C17H23N3O. The molecule has 112 valence electrons. The van der Waals surface area contributed by atoms with Crippen LogP contribution in [0, 0.1) is 0 Å². The average molecular weight is 285 g/mol. The summed E-state index contributed by atoms with van der Waals surface area (Å²) in [7, 11) is 0. The highest BCUT2D eigenvalue weighted by Crippen LogP contribution is 2.27. The molecule has 0 spiro atoms. The number of hydrogen-bond donors (Lipinski definition) is 1. The lowest BCUT2D eigenvalue weighted by molar-refractivity contribution is 0.153. The number of rotatable bonds is 4. The molecule has 0 amide bonds. The van der Waals surface area contributed by atoms with Crippen molar-refractivity contribution in [3.8, 4) is 17.0 Å². The van der Waals surface area contributed by atoms with Gasteiger partial charge in [-0.25, -0.2) is 0 Å². The molecule has 2 heterocycles. The summed E-state index contributed by atoms with van der Waals surface area (Å²) in [6.45, 7) is 5.30. The van der Waals surface area contributed by atoms with Gasteiger partial charge in [-0.15, -0.1) is 5.10 Å². The Morgan fingerprint density at radius 3 is 2.76 bits per heavy atom. The highest BCUT2D eigenvalue weighted by Gasteiger charge is 2.18. The fourth-order valence-electron chi connectivity index (χ4n) is 3.07. The van der Waals surface area contributed by atoms with E-state index in [9.17, 15) is 5.11 Å². The lowest BCUT2D eigenvalue weighted by Gasteiger charge is -2.33. The van der Waals surface area contributed by atoms with Crippen molar-refractivity contribution >= 4 is 0 Å². The van der Waals surface area contributed by atoms with Crippen LogP contribution in [0.25, 0.3) is 11.1 Å². The van der Waals surface area contributed by atoms with Crippen molar-refractivity contribution in [3.63, 3.8) is 0 Å². The molecule has 1 aromatic heterocycles. The first-order valence-electron chi connectivity index (χ1n) is 7.80. The zero-order valence-corrected chi connectivity index (χ0v) is 12.6. The highest BCUT2D eigenvalue weighted by atomic mass is 16.3. The van der Waals surface area contributed by atoms with Gasteiger partial charge < -0.3 is 5.11 Å². The molecule has 21 heavy (non-hydrogen) atoms. The van der Waals surface area contributed by atoms with Crippen LogP contribution < -0.4 is 0 Å². The van der Waals surface area contributed by atoms with Crippen molar-refractivity contribution in [1.82, 2.24) is 14.7 Å². The Labute approximate surface area is 126 Å². The van der Waals surface area contributed by atoms with E-state index in [-0.39, 0.29) is 5.88 Å². The number of benzene rings is 1. The first-order valence-corrected chi connectivity index (χ1v) is 7.80. The second kappa shape index (κ2) is 6.31. The van der Waals surface area contributed by atoms with Gasteiger partial charge in [0.2, 0.25) is 5.88 Å². The number of piperidine rings is 1. The molecule has 1 aliphatic rings. The van der Waals surface area contributed by atoms with Gasteiger partial charge in [-0.3, -0.25) is 9.58 Å². The van der Waals surface area contributed by atoms with Gasteiger partial charge >= 0.3 is 0 Å². The van der Waals surface area contributed by atoms with Gasteiger partial charge in [-0.05, 0) is 31.9 Å². The highest BCUT2D eigenvalue weighted by molar-refractivity contribution is 5.67. The van der Waals surface area contributed by atoms with Gasteiger partial charge in [0.1, 0.15) is 0 Å². The Kier molecular flexibility index (Phi) is 4.25. The third kappa shape index (κ3) is 3.27. The van der Waals surface area contributed by atoms with E-state index in [2.05, 4.69) is 16.9 Å². The predicted molar refractivity (Wildman–Crippen MR) is 84.2 cm³/mol. The van der Waals surface area contributed by atoms with E-state index in [4.69, 9.17) is 0 Å². The molecule has 1 atom stereocenters. The number of hydrogen-bond acceptors (Lipinski definition) is 3. The molecule has 3 rings (SSSR count). The molecule has 1 aromatic carbocycles. The number of nitrogens with zero attached hydrogens (tertiary/aromatic N) is 3. The van der Waals surface area contributed by atoms with Crippen LogP contribution in [-0.4, -0.2) is 38.9 Å². The van der Waals surface area contributed by atoms with Gasteiger partial charge in [0.05, 0.1) is 12.1 Å². The van der Waals surface area contributed by atoms with E-state index in [0.717, 1.165) is 24.2 Å². The molecular weight excluding hydrogens is 262 g/mol. The second-order valence-electron chi connectivity index (χ2n) is 5.88. The summed E-state index contributed by atoms with van der Waals surface area (Å²) in [4.78, 5) is 2.52. The first kappa shape index (κ1) is 14.1. The Balaban J connectivity index is 1.67. The van der Waals surface area contributed by atoms with Gasteiger partial charge in [0, 0.05) is 18.8 Å². The van der Waals surface area contributed by atoms with Gasteiger partial charge in [-0.1, -0.05) is 36.8 Å². The van der Waals surface area contributed by atoms with E-state index >= 15 is 0 Å². The van der Waals surface area contributed by atoms with Crippen LogP contribution >= 0.6 is 0 Å². The minimum atomic E-state index is 0.118. The Bertz CT molecular complexity index is 579. The van der Waals surface area contributed by atoms with Crippen LogP contribution in [0.15, 0.2) is 36.5 Å². The van der Waals surface area contributed by atoms with Crippen molar-refractivity contribution in [2.24, 2.45) is 0 Å². The first-order chi connectivity index (χ1) is 10.2. The minimum absolute atomic E-state index is 0.118. The maximum Gasteiger partial charge on any atom is 0.238 e. The van der Waals surface area contributed by atoms with Crippen LogP contribution in [0.5, 0.6) is 5.88 Å². The largest absolute Gasteiger partial charge is 0.492 e. The molecule has 1 aliphatic heterocycles. The van der Waals surface area contributed by atoms with E-state index < -0.39 is 0 Å². The summed E-state index contributed by atoms with van der Waals surface area (Å²) in [5, 5.41) is 14.3. The van der Waals surface area contributed by atoms with Crippen molar-refractivity contribution in [3.05, 3.63) is 36.5 Å². The summed E-state index contributed by atoms with van der Waals surface area (Å²) in [6.07, 6.45) is 5.88. The number of likely N-dealkylation sites (tertiary alicyclic amines) is 1. The summed E-state index contributed by atoms with van der Waals surface area (Å²) in [5.41, 5.74) is 1.81. The van der Waals surface area contributed by atoms with Crippen LogP contribution in [0.2, 0.25) is 0 Å². The van der Waals surface area contributed by atoms with Crippen molar-refractivity contribution in [1.29, 1.82) is 0 Å². The fraction of sp³-hybridized carbons (Fsp3) is 0.471. The monoisotopic (exact) mass is 285 g/mol. The summed E-state index contributed by atoms with van der Waals surface area (Å²) < 4.78 is 1.86. The van der Waals surface area contributed by atoms with Crippen LogP contribution in [0.1, 0.15) is 26.2 Å². The quantitative estimate of drug-likeness (QED) is 0.938. The van der Waals surface area contributed by atoms with Gasteiger partial charge in [0.25, 0.3) is 0 Å². The maximum absolute atomic E-state index is 10.0. The van der Waals surface area contributed by atoms with Crippen LogP contribution in [0.4, 0.5) is 0 Å². The minimum Gasteiger partial charge on any atom is -0.492 e. The summed E-state index contributed by atoms with van der Waals surface area (Å²) >= 11 is 0. The lowest BCUT2D eigenvalue weighted by atomic mass is 10.0. The predicted octanol–water partition coefficient (Wildman–Crippen LogP) is 3.13. The summed E-state index contributed by atoms with van der Waals surface area (Å²) in [5.74, 6) is 0.118. The van der Waals surface area contributed by atoms with Crippen LogP contribution in [0.3, 0.4) is 0 Å². The molecule has 0 radical (unpaired) electrons. The van der Waals surface area contributed by atoms with E-state index in [1.165, 1.54) is 25.8 Å². The number of aromatic nitrogens is 2. The standard InChI is InChI=1S/C17H23N3O/c1-14-7-5-6-10-19(14)11-12-20-13-16(17(21)18-20)15-8-3-2-4-9-15/h2-4,8-9,13-14H,5-7,10-12H2,1H3,(H,18,21). The van der Waals surface area contributed by atoms with Crippen LogP contribution in [-0.2, 0) is 6.54 Å². The molecule has 0 aliphatic carbocycles. The summed E-state index contributed by atoms with van der Waals surface area (Å²) in [6, 6.07) is 10.6. The lowest BCUT2D eigenvalue weighted by Crippen LogP contribution is -2.39. The molecule has 0 bridgehead atoms. The topological polar surface area (TPSA) is 41.3 Å². The Morgan fingerprint density at radius 2 is 2.00 bits per heavy atom. The molecule has 1 fully saturated rings. The number of aromatic hydroxyl groups is 1. The molecule has 1 N–H and O–H groups in total. The molecule has 0 saturated carbocycles. The maximum atomic E-state index is 10.0. The Morgan fingerprint density at radius 1 is 1.19 bits per heavy atom. The second-order valence-corrected chi connectivity index (χ2v) is 5.88. The van der Waals surface area contributed by atoms with Gasteiger partial charge in [-0.2, -0.15) is 0 Å². The van der Waals surface area contributed by atoms with Crippen molar-refractivity contribution in [2.75, 3.05) is 13.1 Å². The van der Waals surface area contributed by atoms with E-state index in [0.29, 0.717) is 6.04 Å². The molecule has 1 saturated heterocycles. The third-order valence-corrected chi connectivity index (χ3v) is 4.38. The fourth-order valence-corrected chi connectivity index (χ4v) is 3.07. The van der Waals surface area contributed by atoms with Crippen molar-refractivity contribution in [2.45, 2.75) is 38.8 Å². The smallest absolute Gasteiger partial charge is 0.238 e. The van der Waals surface area contributed by atoms with E-state index in [1.807, 2.05) is 41.2 Å². The molecule has 1 unspecified atom stereocenters. The normalized spacial score (nSPS) is 19.8. The van der Waals surface area contributed by atoms with E-state index in [1.54, 1.807) is 0 Å². The van der Waals surface area contributed by atoms with Gasteiger partial charge in [0.15, 0.2) is 0 Å². The molecule has 2 aromatic rings. The average Bonchev–Trinajstić information content (AvgIpc) is 2.88. The Hall–Kier alpha value is -1.81. The zero-order valence-electron chi connectivity index (χ0n) is 12.6. The molecule has 4 heteroatoms. The third-order valence-electron chi connectivity index (χ3n) is 4.38. The van der Waals surface area contributed by atoms with Crippen molar-refractivity contribution < 1.29 is 5.11 Å². The SMILES string of the molecule is CC1CCCCN1CCn1cc(-c2ccccc2)c(O)n1. The molecule has 4 nitrogen and oxygen atoms in total.